The molecule has 26 heavy (non-hydrogen) atoms. The maximum Gasteiger partial charge on any atom is 0.251 e. The highest BCUT2D eigenvalue weighted by Gasteiger charge is 2.29. The van der Waals surface area contributed by atoms with E-state index in [1.807, 2.05) is 0 Å². The summed E-state index contributed by atoms with van der Waals surface area (Å²) in [7, 11) is -3.56. The highest BCUT2D eigenvalue weighted by Crippen LogP contribution is 2.26. The molecule has 0 aromatic heterocycles. The summed E-state index contributed by atoms with van der Waals surface area (Å²) < 4.78 is 27.3. The van der Waals surface area contributed by atoms with Crippen molar-refractivity contribution >= 4 is 28.3 Å². The summed E-state index contributed by atoms with van der Waals surface area (Å²) in [5, 5.41) is 3.01. The lowest BCUT2D eigenvalue weighted by molar-refractivity contribution is 0.0915. The molecule has 0 aliphatic heterocycles. The van der Waals surface area contributed by atoms with E-state index in [1.54, 1.807) is 12.1 Å². The predicted molar refractivity (Wildman–Crippen MR) is 104 cm³/mol. The molecule has 8 heteroatoms. The Kier molecular flexibility index (Phi) is 7.46. The average Bonchev–Trinajstić information content (AvgIpc) is 3.43. The van der Waals surface area contributed by atoms with Crippen LogP contribution in [0.5, 0.6) is 0 Å². The summed E-state index contributed by atoms with van der Waals surface area (Å²) in [6, 6.07) is 6.18. The third-order valence-electron chi connectivity index (χ3n) is 5.09. The van der Waals surface area contributed by atoms with Gasteiger partial charge in [-0.2, -0.15) is 0 Å². The number of benzene rings is 1. The molecular weight excluding hydrogens is 374 g/mol. The Labute approximate surface area is 161 Å². The van der Waals surface area contributed by atoms with E-state index in [-0.39, 0.29) is 35.3 Å². The van der Waals surface area contributed by atoms with Crippen molar-refractivity contribution in [2.75, 3.05) is 6.54 Å². The van der Waals surface area contributed by atoms with Crippen molar-refractivity contribution < 1.29 is 13.2 Å². The van der Waals surface area contributed by atoms with Crippen LogP contribution in [-0.4, -0.2) is 33.0 Å². The average molecular weight is 402 g/mol. The van der Waals surface area contributed by atoms with E-state index in [2.05, 4.69) is 10.0 Å². The van der Waals surface area contributed by atoms with Gasteiger partial charge in [0.15, 0.2) is 0 Å². The Morgan fingerprint density at radius 2 is 1.85 bits per heavy atom. The number of hydrogen-bond acceptors (Lipinski definition) is 4. The van der Waals surface area contributed by atoms with E-state index >= 15 is 0 Å². The quantitative estimate of drug-likeness (QED) is 0.651. The van der Waals surface area contributed by atoms with Gasteiger partial charge in [-0.15, -0.1) is 12.4 Å². The number of carbonyl (C=O) groups excluding carboxylic acids is 1. The summed E-state index contributed by atoms with van der Waals surface area (Å²) >= 11 is 0. The fourth-order valence-electron chi connectivity index (χ4n) is 3.45. The Hall–Kier alpha value is -1.15. The van der Waals surface area contributed by atoms with Crippen LogP contribution < -0.4 is 15.8 Å². The van der Waals surface area contributed by atoms with Gasteiger partial charge in [-0.1, -0.05) is 25.3 Å². The zero-order valence-corrected chi connectivity index (χ0v) is 16.4. The summed E-state index contributed by atoms with van der Waals surface area (Å²) in [4.78, 5) is 12.7. The number of amides is 1. The van der Waals surface area contributed by atoms with Gasteiger partial charge in [0, 0.05) is 24.2 Å². The van der Waals surface area contributed by atoms with Gasteiger partial charge >= 0.3 is 0 Å². The number of halogens is 1. The zero-order chi connectivity index (χ0) is 17.9. The van der Waals surface area contributed by atoms with Crippen molar-refractivity contribution in [1.29, 1.82) is 0 Å². The first-order valence-electron chi connectivity index (χ1n) is 9.13. The minimum absolute atomic E-state index is 0. The molecule has 0 bridgehead atoms. The summed E-state index contributed by atoms with van der Waals surface area (Å²) in [5.41, 5.74) is 6.22. The van der Waals surface area contributed by atoms with E-state index in [4.69, 9.17) is 5.73 Å². The molecule has 0 saturated heterocycles. The van der Waals surface area contributed by atoms with Crippen molar-refractivity contribution in [3.63, 3.8) is 0 Å². The molecule has 3 rings (SSSR count). The molecule has 0 radical (unpaired) electrons. The first-order valence-corrected chi connectivity index (χ1v) is 10.6. The van der Waals surface area contributed by atoms with Gasteiger partial charge in [-0.3, -0.25) is 4.79 Å². The minimum Gasteiger partial charge on any atom is -0.348 e. The molecule has 2 aliphatic rings. The van der Waals surface area contributed by atoms with E-state index in [1.165, 1.54) is 31.4 Å². The molecule has 146 valence electrons. The molecule has 1 amide bonds. The van der Waals surface area contributed by atoms with Gasteiger partial charge < -0.3 is 11.1 Å². The standard InChI is InChI=1S/C18H27N3O3S.ClH/c19-12-17(13-5-2-1-3-6-13)20-18(22)14-7-4-8-16(11-14)25(23,24)21-15-9-10-15;/h4,7-8,11,13,15,17,21H,1-3,5-6,9-10,12,19H2,(H,20,22);1H. The van der Waals surface area contributed by atoms with Crippen LogP contribution in [0.2, 0.25) is 0 Å². The predicted octanol–water partition coefficient (Wildman–Crippen LogP) is 2.19. The molecule has 6 nitrogen and oxygen atoms in total. The lowest BCUT2D eigenvalue weighted by Gasteiger charge is -2.30. The smallest absolute Gasteiger partial charge is 0.251 e. The first-order chi connectivity index (χ1) is 12.0. The zero-order valence-electron chi connectivity index (χ0n) is 14.8. The Morgan fingerprint density at radius 1 is 1.15 bits per heavy atom. The molecule has 2 aliphatic carbocycles. The fraction of sp³-hybridized carbons (Fsp3) is 0.611. The van der Waals surface area contributed by atoms with Gasteiger partial charge in [0.05, 0.1) is 4.90 Å². The normalized spacial score (nSPS) is 19.4. The van der Waals surface area contributed by atoms with E-state index < -0.39 is 10.0 Å². The second kappa shape index (κ2) is 9.17. The van der Waals surface area contributed by atoms with Gasteiger partial charge in [0.2, 0.25) is 10.0 Å². The van der Waals surface area contributed by atoms with Crippen LogP contribution in [0.4, 0.5) is 0 Å². The lowest BCUT2D eigenvalue weighted by Crippen LogP contribution is -2.45. The van der Waals surface area contributed by atoms with E-state index in [0.29, 0.717) is 18.0 Å². The fourth-order valence-corrected chi connectivity index (χ4v) is 4.80. The Bertz CT molecular complexity index is 716. The molecular formula is C18H28ClN3O3S. The number of carbonyl (C=O) groups is 1. The first kappa shape index (κ1) is 21.2. The van der Waals surface area contributed by atoms with Crippen LogP contribution in [0, 0.1) is 5.92 Å². The van der Waals surface area contributed by atoms with Gasteiger partial charge in [-0.05, 0) is 49.8 Å². The molecule has 0 heterocycles. The van der Waals surface area contributed by atoms with Gasteiger partial charge in [0.1, 0.15) is 0 Å². The number of hydrogen-bond donors (Lipinski definition) is 3. The number of nitrogens with one attached hydrogen (secondary N) is 2. The van der Waals surface area contributed by atoms with Crippen LogP contribution in [0.25, 0.3) is 0 Å². The van der Waals surface area contributed by atoms with Crippen LogP contribution in [0.1, 0.15) is 55.3 Å². The van der Waals surface area contributed by atoms with Crippen LogP contribution >= 0.6 is 12.4 Å². The largest absolute Gasteiger partial charge is 0.348 e. The monoisotopic (exact) mass is 401 g/mol. The highest BCUT2D eigenvalue weighted by molar-refractivity contribution is 7.89. The van der Waals surface area contributed by atoms with Crippen molar-refractivity contribution in [3.05, 3.63) is 29.8 Å². The second-order valence-electron chi connectivity index (χ2n) is 7.14. The molecule has 1 atom stereocenters. The SMILES string of the molecule is Cl.NCC(NC(=O)c1cccc(S(=O)(=O)NC2CC2)c1)C1CCCCC1. The van der Waals surface area contributed by atoms with E-state index in [0.717, 1.165) is 25.7 Å². The number of rotatable bonds is 7. The van der Waals surface area contributed by atoms with Crippen molar-refractivity contribution in [1.82, 2.24) is 10.0 Å². The van der Waals surface area contributed by atoms with Crippen LogP contribution in [0.15, 0.2) is 29.2 Å². The van der Waals surface area contributed by atoms with E-state index in [9.17, 15) is 13.2 Å². The molecule has 1 unspecified atom stereocenters. The molecule has 0 spiro atoms. The summed E-state index contributed by atoms with van der Waals surface area (Å²) in [5.74, 6) is 0.149. The van der Waals surface area contributed by atoms with Crippen molar-refractivity contribution in [2.24, 2.45) is 11.7 Å². The maximum absolute atomic E-state index is 12.6. The van der Waals surface area contributed by atoms with Crippen LogP contribution in [0.3, 0.4) is 0 Å². The van der Waals surface area contributed by atoms with Gasteiger partial charge in [0.25, 0.3) is 5.91 Å². The van der Waals surface area contributed by atoms with Crippen molar-refractivity contribution in [2.45, 2.75) is 61.9 Å². The Balaban J connectivity index is 0.00000243. The third kappa shape index (κ3) is 5.42. The minimum atomic E-state index is -3.56. The second-order valence-corrected chi connectivity index (χ2v) is 8.85. The van der Waals surface area contributed by atoms with Crippen LogP contribution in [-0.2, 0) is 10.0 Å². The topological polar surface area (TPSA) is 101 Å². The van der Waals surface area contributed by atoms with Crippen molar-refractivity contribution in [3.8, 4) is 0 Å². The molecule has 1 aromatic carbocycles. The summed E-state index contributed by atoms with van der Waals surface area (Å²) in [6.45, 7) is 0.400. The third-order valence-corrected chi connectivity index (χ3v) is 6.61. The number of nitrogens with two attached hydrogens (primary N) is 1. The molecule has 4 N–H and O–H groups in total. The maximum atomic E-state index is 12.6. The lowest BCUT2D eigenvalue weighted by atomic mass is 9.84. The molecule has 1 aromatic rings. The molecule has 2 saturated carbocycles. The summed E-state index contributed by atoms with van der Waals surface area (Å²) in [6.07, 6.45) is 7.52. The molecule has 2 fully saturated rings. The highest BCUT2D eigenvalue weighted by atomic mass is 35.5. The number of sulfonamides is 1. The Morgan fingerprint density at radius 3 is 2.46 bits per heavy atom. The van der Waals surface area contributed by atoms with Gasteiger partial charge in [-0.25, -0.2) is 13.1 Å².